The number of aromatic nitrogens is 3. The van der Waals surface area contributed by atoms with Gasteiger partial charge < -0.3 is 5.73 Å². The maximum Gasteiger partial charge on any atom is 0.343 e. The highest BCUT2D eigenvalue weighted by atomic mass is 32.2. The van der Waals surface area contributed by atoms with Crippen molar-refractivity contribution in [3.63, 3.8) is 0 Å². The number of nitrogens with zero attached hydrogens (tertiary/aromatic N) is 2. The van der Waals surface area contributed by atoms with Crippen molar-refractivity contribution in [2.45, 2.75) is 31.5 Å². The Morgan fingerprint density at radius 3 is 3.00 bits per heavy atom. The van der Waals surface area contributed by atoms with Crippen LogP contribution in [0.2, 0.25) is 0 Å². The number of hydrogen-bond acceptors (Lipinski definition) is 4. The number of carbonyl (C=O) groups excluding carboxylic acids is 1. The molecule has 0 aliphatic carbocycles. The van der Waals surface area contributed by atoms with Crippen LogP contribution in [0, 0.1) is 0 Å². The van der Waals surface area contributed by atoms with E-state index in [-0.39, 0.29) is 11.4 Å². The van der Waals surface area contributed by atoms with Gasteiger partial charge in [0, 0.05) is 6.54 Å². The van der Waals surface area contributed by atoms with Gasteiger partial charge in [0.2, 0.25) is 5.91 Å². The quantitative estimate of drug-likeness (QED) is 0.670. The zero-order valence-electron chi connectivity index (χ0n) is 8.52. The largest absolute Gasteiger partial charge is 0.369 e. The van der Waals surface area contributed by atoms with Crippen LogP contribution in [0.15, 0.2) is 9.95 Å². The number of H-pyrrole nitrogens is 1. The molecule has 3 N–H and O–H groups in total. The summed E-state index contributed by atoms with van der Waals surface area (Å²) in [5, 5.41) is 6.70. The molecule has 0 aromatic carbocycles. The second-order valence-electron chi connectivity index (χ2n) is 3.07. The number of aromatic amines is 1. The molecule has 0 aliphatic heterocycles. The van der Waals surface area contributed by atoms with Gasteiger partial charge in [-0.3, -0.25) is 9.36 Å². The summed E-state index contributed by atoms with van der Waals surface area (Å²) < 4.78 is 1.52. The Hall–Kier alpha value is -1.24. The smallest absolute Gasteiger partial charge is 0.343 e. The number of nitrogens with one attached hydrogen (secondary N) is 1. The summed E-state index contributed by atoms with van der Waals surface area (Å²) >= 11 is 1.17. The summed E-state index contributed by atoms with van der Waals surface area (Å²) in [5.74, 6) is -0.284. The van der Waals surface area contributed by atoms with Crippen LogP contribution in [-0.2, 0) is 11.3 Å². The number of primary amides is 1. The predicted molar refractivity (Wildman–Crippen MR) is 57.7 cm³/mol. The fourth-order valence-corrected chi connectivity index (χ4v) is 1.77. The van der Waals surface area contributed by atoms with E-state index in [0.717, 1.165) is 12.8 Å². The molecule has 7 heteroatoms. The molecule has 1 rings (SSSR count). The van der Waals surface area contributed by atoms with Crippen LogP contribution in [0.4, 0.5) is 0 Å². The molecule has 0 saturated heterocycles. The first-order valence-electron chi connectivity index (χ1n) is 4.71. The van der Waals surface area contributed by atoms with Crippen LogP contribution in [0.25, 0.3) is 0 Å². The Labute approximate surface area is 91.2 Å². The maximum absolute atomic E-state index is 11.3. The first kappa shape index (κ1) is 11.8. The van der Waals surface area contributed by atoms with E-state index in [1.807, 2.05) is 6.92 Å². The van der Waals surface area contributed by atoms with Gasteiger partial charge in [0.05, 0.1) is 5.75 Å². The van der Waals surface area contributed by atoms with Gasteiger partial charge >= 0.3 is 5.69 Å². The van der Waals surface area contributed by atoms with Crippen molar-refractivity contribution in [2.75, 3.05) is 5.75 Å². The number of nitrogens with two attached hydrogens (primary N) is 1. The average Bonchev–Trinajstić information content (AvgIpc) is 2.53. The second-order valence-corrected chi connectivity index (χ2v) is 4.01. The van der Waals surface area contributed by atoms with E-state index >= 15 is 0 Å². The fourth-order valence-electron chi connectivity index (χ4n) is 1.06. The molecule has 0 aliphatic rings. The highest BCUT2D eigenvalue weighted by Crippen LogP contribution is 2.12. The molecule has 0 atom stereocenters. The lowest BCUT2D eigenvalue weighted by Gasteiger charge is -2.02. The second kappa shape index (κ2) is 5.59. The van der Waals surface area contributed by atoms with E-state index in [4.69, 9.17) is 5.73 Å². The third-order valence-electron chi connectivity index (χ3n) is 1.80. The van der Waals surface area contributed by atoms with E-state index < -0.39 is 5.91 Å². The van der Waals surface area contributed by atoms with Crippen LogP contribution in [0.1, 0.15) is 19.8 Å². The number of thioether (sulfide) groups is 1. The predicted octanol–water partition coefficient (Wildman–Crippen LogP) is -0.0511. The molecule has 0 fully saturated rings. The van der Waals surface area contributed by atoms with Gasteiger partial charge in [0.1, 0.15) is 0 Å². The van der Waals surface area contributed by atoms with Gasteiger partial charge in [-0.25, -0.2) is 9.89 Å². The first-order chi connectivity index (χ1) is 7.15. The van der Waals surface area contributed by atoms with E-state index in [9.17, 15) is 9.59 Å². The Morgan fingerprint density at radius 1 is 1.67 bits per heavy atom. The monoisotopic (exact) mass is 230 g/mol. The Morgan fingerprint density at radius 2 is 2.40 bits per heavy atom. The van der Waals surface area contributed by atoms with Crippen molar-refractivity contribution in [1.29, 1.82) is 0 Å². The van der Waals surface area contributed by atoms with Crippen molar-refractivity contribution >= 4 is 17.7 Å². The van der Waals surface area contributed by atoms with Gasteiger partial charge in [-0.1, -0.05) is 25.1 Å². The lowest BCUT2D eigenvalue weighted by molar-refractivity contribution is -0.115. The SMILES string of the molecule is CCCCn1c(SCC(N)=O)n[nH]c1=O. The molecule has 84 valence electrons. The summed E-state index contributed by atoms with van der Waals surface area (Å²) in [6.45, 7) is 2.66. The van der Waals surface area contributed by atoms with E-state index in [2.05, 4.69) is 10.2 Å². The normalized spacial score (nSPS) is 10.5. The number of hydrogen-bond donors (Lipinski definition) is 2. The summed E-state index contributed by atoms with van der Waals surface area (Å²) in [6.07, 6.45) is 1.90. The van der Waals surface area contributed by atoms with Crippen LogP contribution >= 0.6 is 11.8 Å². The summed E-state index contributed by atoms with van der Waals surface area (Å²) in [5.41, 5.74) is 4.77. The van der Waals surface area contributed by atoms with Crippen LogP contribution in [-0.4, -0.2) is 26.4 Å². The summed E-state index contributed by atoms with van der Waals surface area (Å²) in [4.78, 5) is 21.9. The summed E-state index contributed by atoms with van der Waals surface area (Å²) in [7, 11) is 0. The highest BCUT2D eigenvalue weighted by Gasteiger charge is 2.09. The molecule has 0 saturated carbocycles. The van der Waals surface area contributed by atoms with Gasteiger partial charge in [-0.2, -0.15) is 0 Å². The van der Waals surface area contributed by atoms with E-state index in [0.29, 0.717) is 11.7 Å². The molecule has 1 aromatic heterocycles. The number of unbranched alkanes of at least 4 members (excludes halogenated alkanes) is 1. The minimum absolute atomic E-state index is 0.135. The molecule has 15 heavy (non-hydrogen) atoms. The molecule has 1 aromatic rings. The third-order valence-corrected chi connectivity index (χ3v) is 2.80. The molecule has 6 nitrogen and oxygen atoms in total. The number of carbonyl (C=O) groups is 1. The van der Waals surface area contributed by atoms with Crippen molar-refractivity contribution in [3.05, 3.63) is 10.5 Å². The molecule has 0 bridgehead atoms. The molecular weight excluding hydrogens is 216 g/mol. The number of rotatable bonds is 6. The molecule has 1 amide bonds. The van der Waals surface area contributed by atoms with Gasteiger partial charge in [-0.05, 0) is 6.42 Å². The van der Waals surface area contributed by atoms with Crippen molar-refractivity contribution < 1.29 is 4.79 Å². The Kier molecular flexibility index (Phi) is 4.41. The van der Waals surface area contributed by atoms with Gasteiger partial charge in [0.15, 0.2) is 5.16 Å². The van der Waals surface area contributed by atoms with Crippen molar-refractivity contribution in [1.82, 2.24) is 14.8 Å². The van der Waals surface area contributed by atoms with Crippen molar-refractivity contribution in [3.8, 4) is 0 Å². The molecule has 0 spiro atoms. The van der Waals surface area contributed by atoms with Crippen molar-refractivity contribution in [2.24, 2.45) is 5.73 Å². The molecule has 0 unspecified atom stereocenters. The van der Waals surface area contributed by atoms with E-state index in [1.54, 1.807) is 0 Å². The molecule has 0 radical (unpaired) electrons. The Balaban J connectivity index is 2.70. The zero-order valence-corrected chi connectivity index (χ0v) is 9.34. The standard InChI is InChI=1S/C8H14N4O2S/c1-2-3-4-12-7(14)10-11-8(12)15-5-6(9)13/h2-5H2,1H3,(H2,9,13)(H,10,14). The number of amides is 1. The third kappa shape index (κ3) is 3.43. The maximum atomic E-state index is 11.3. The van der Waals surface area contributed by atoms with Gasteiger partial charge in [0.25, 0.3) is 0 Å². The molecule has 1 heterocycles. The minimum Gasteiger partial charge on any atom is -0.369 e. The lowest BCUT2D eigenvalue weighted by Crippen LogP contribution is -2.18. The van der Waals surface area contributed by atoms with Crippen LogP contribution in [0.5, 0.6) is 0 Å². The Bertz CT molecular complexity index is 384. The zero-order chi connectivity index (χ0) is 11.3. The fraction of sp³-hybridized carbons (Fsp3) is 0.625. The first-order valence-corrected chi connectivity index (χ1v) is 5.70. The summed E-state index contributed by atoms with van der Waals surface area (Å²) in [6, 6.07) is 0. The molecular formula is C8H14N4O2S. The van der Waals surface area contributed by atoms with E-state index in [1.165, 1.54) is 16.3 Å². The van der Waals surface area contributed by atoms with Gasteiger partial charge in [-0.15, -0.1) is 5.10 Å². The lowest BCUT2D eigenvalue weighted by atomic mass is 10.3. The highest BCUT2D eigenvalue weighted by molar-refractivity contribution is 7.99. The topological polar surface area (TPSA) is 93.8 Å². The average molecular weight is 230 g/mol. The van der Waals surface area contributed by atoms with Crippen LogP contribution in [0.3, 0.4) is 0 Å². The minimum atomic E-state index is -0.419. The van der Waals surface area contributed by atoms with Crippen LogP contribution < -0.4 is 11.4 Å².